The molecule has 1 aliphatic rings. The van der Waals surface area contributed by atoms with Crippen LogP contribution in [0.15, 0.2) is 6.07 Å². The number of hydrogen-bond donors (Lipinski definition) is 3. The topological polar surface area (TPSA) is 85.1 Å². The van der Waals surface area contributed by atoms with Gasteiger partial charge in [-0.1, -0.05) is 0 Å². The Morgan fingerprint density at radius 1 is 1.41 bits per heavy atom. The molecule has 0 unspecified atom stereocenters. The van der Waals surface area contributed by atoms with Crippen molar-refractivity contribution in [2.24, 2.45) is 0 Å². The molecule has 0 spiro atoms. The Balaban J connectivity index is 1.96. The van der Waals surface area contributed by atoms with Crippen LogP contribution in [0.3, 0.4) is 0 Å². The SMILES string of the molecule is CCNc1cc(NC2CC(OC)C2)nc(N)n1. The number of nitrogens with zero attached hydrogens (tertiary/aromatic N) is 2. The van der Waals surface area contributed by atoms with Crippen molar-refractivity contribution in [3.05, 3.63) is 6.07 Å². The summed E-state index contributed by atoms with van der Waals surface area (Å²) in [5, 5.41) is 6.45. The van der Waals surface area contributed by atoms with Crippen LogP contribution < -0.4 is 16.4 Å². The number of methoxy groups -OCH3 is 1. The fourth-order valence-corrected chi connectivity index (χ4v) is 1.90. The number of nitrogens with two attached hydrogens (primary N) is 1. The average Bonchev–Trinajstić information content (AvgIpc) is 2.22. The molecule has 0 bridgehead atoms. The number of ether oxygens (including phenoxy) is 1. The van der Waals surface area contributed by atoms with Gasteiger partial charge in [0.2, 0.25) is 5.95 Å². The first-order valence-corrected chi connectivity index (χ1v) is 5.89. The highest BCUT2D eigenvalue weighted by Crippen LogP contribution is 2.26. The van der Waals surface area contributed by atoms with Gasteiger partial charge in [0, 0.05) is 25.8 Å². The Labute approximate surface area is 101 Å². The highest BCUT2D eigenvalue weighted by Gasteiger charge is 2.29. The number of nitrogens with one attached hydrogen (secondary N) is 2. The minimum Gasteiger partial charge on any atom is -0.381 e. The van der Waals surface area contributed by atoms with Crippen LogP contribution in [0.5, 0.6) is 0 Å². The molecule has 1 aromatic heterocycles. The Bertz CT molecular complexity index is 378. The molecule has 0 aromatic carbocycles. The molecule has 1 saturated carbocycles. The van der Waals surface area contributed by atoms with E-state index >= 15 is 0 Å². The molecule has 1 fully saturated rings. The summed E-state index contributed by atoms with van der Waals surface area (Å²) < 4.78 is 5.23. The van der Waals surface area contributed by atoms with Crippen LogP contribution in [0.2, 0.25) is 0 Å². The van der Waals surface area contributed by atoms with Gasteiger partial charge in [0.1, 0.15) is 11.6 Å². The van der Waals surface area contributed by atoms with Crippen LogP contribution in [0.25, 0.3) is 0 Å². The van der Waals surface area contributed by atoms with E-state index in [4.69, 9.17) is 10.5 Å². The number of aromatic nitrogens is 2. The molecule has 4 N–H and O–H groups in total. The van der Waals surface area contributed by atoms with Crippen molar-refractivity contribution >= 4 is 17.6 Å². The molecule has 0 aliphatic heterocycles. The molecule has 0 amide bonds. The normalized spacial score (nSPS) is 22.9. The molecule has 0 saturated heterocycles. The fourth-order valence-electron chi connectivity index (χ4n) is 1.90. The number of hydrogen-bond acceptors (Lipinski definition) is 6. The van der Waals surface area contributed by atoms with E-state index in [9.17, 15) is 0 Å². The quantitative estimate of drug-likeness (QED) is 0.710. The molecule has 94 valence electrons. The third kappa shape index (κ3) is 2.97. The summed E-state index contributed by atoms with van der Waals surface area (Å²) >= 11 is 0. The Hall–Kier alpha value is -1.56. The minimum atomic E-state index is 0.286. The Kier molecular flexibility index (Phi) is 3.63. The summed E-state index contributed by atoms with van der Waals surface area (Å²) in [6.07, 6.45) is 2.40. The van der Waals surface area contributed by atoms with Crippen molar-refractivity contribution in [3.8, 4) is 0 Å². The van der Waals surface area contributed by atoms with Crippen molar-refractivity contribution in [2.45, 2.75) is 31.9 Å². The second kappa shape index (κ2) is 5.18. The van der Waals surface area contributed by atoms with Crippen molar-refractivity contribution in [3.63, 3.8) is 0 Å². The molecular formula is C11H19N5O. The lowest BCUT2D eigenvalue weighted by Gasteiger charge is -2.34. The highest BCUT2D eigenvalue weighted by molar-refractivity contribution is 5.51. The zero-order valence-electron chi connectivity index (χ0n) is 10.2. The lowest BCUT2D eigenvalue weighted by molar-refractivity contribution is 0.0328. The largest absolute Gasteiger partial charge is 0.381 e. The van der Waals surface area contributed by atoms with Gasteiger partial charge in [0.05, 0.1) is 6.10 Å². The summed E-state index contributed by atoms with van der Waals surface area (Å²) in [5.41, 5.74) is 5.65. The highest BCUT2D eigenvalue weighted by atomic mass is 16.5. The second-order valence-electron chi connectivity index (χ2n) is 4.20. The van der Waals surface area contributed by atoms with Crippen molar-refractivity contribution in [1.82, 2.24) is 9.97 Å². The van der Waals surface area contributed by atoms with Crippen LogP contribution >= 0.6 is 0 Å². The zero-order valence-corrected chi connectivity index (χ0v) is 10.2. The second-order valence-corrected chi connectivity index (χ2v) is 4.20. The smallest absolute Gasteiger partial charge is 0.223 e. The maximum atomic E-state index is 5.65. The van der Waals surface area contributed by atoms with Crippen LogP contribution in [-0.2, 0) is 4.74 Å². The predicted molar refractivity (Wildman–Crippen MR) is 68.0 cm³/mol. The van der Waals surface area contributed by atoms with Gasteiger partial charge in [-0.25, -0.2) is 0 Å². The lowest BCUT2D eigenvalue weighted by Crippen LogP contribution is -2.40. The lowest BCUT2D eigenvalue weighted by atomic mass is 9.89. The summed E-state index contributed by atoms with van der Waals surface area (Å²) in [6.45, 7) is 2.82. The van der Waals surface area contributed by atoms with E-state index in [0.717, 1.165) is 31.0 Å². The molecule has 0 atom stereocenters. The monoisotopic (exact) mass is 237 g/mol. The summed E-state index contributed by atoms with van der Waals surface area (Å²) in [7, 11) is 1.74. The third-order valence-corrected chi connectivity index (χ3v) is 2.88. The van der Waals surface area contributed by atoms with Gasteiger partial charge in [-0.05, 0) is 19.8 Å². The van der Waals surface area contributed by atoms with Gasteiger partial charge in [0.25, 0.3) is 0 Å². The average molecular weight is 237 g/mol. The maximum Gasteiger partial charge on any atom is 0.223 e. The van der Waals surface area contributed by atoms with Crippen molar-refractivity contribution in [2.75, 3.05) is 30.0 Å². The van der Waals surface area contributed by atoms with E-state index in [2.05, 4.69) is 20.6 Å². The van der Waals surface area contributed by atoms with Gasteiger partial charge >= 0.3 is 0 Å². The molecule has 1 heterocycles. The van der Waals surface area contributed by atoms with E-state index in [-0.39, 0.29) is 5.95 Å². The minimum absolute atomic E-state index is 0.286. The number of nitrogen functional groups attached to an aromatic ring is 1. The first kappa shape index (κ1) is 11.9. The first-order valence-electron chi connectivity index (χ1n) is 5.89. The van der Waals surface area contributed by atoms with Gasteiger partial charge in [-0.3, -0.25) is 0 Å². The van der Waals surface area contributed by atoms with E-state index in [1.54, 1.807) is 7.11 Å². The van der Waals surface area contributed by atoms with Crippen molar-refractivity contribution in [1.29, 1.82) is 0 Å². The van der Waals surface area contributed by atoms with Crippen LogP contribution in [0.4, 0.5) is 17.6 Å². The summed E-state index contributed by atoms with van der Waals surface area (Å²) in [4.78, 5) is 8.26. The molecule has 17 heavy (non-hydrogen) atoms. The van der Waals surface area contributed by atoms with E-state index < -0.39 is 0 Å². The predicted octanol–water partition coefficient (Wildman–Crippen LogP) is 1.08. The molecule has 1 aliphatic carbocycles. The summed E-state index contributed by atoms with van der Waals surface area (Å²) in [6, 6.07) is 2.30. The van der Waals surface area contributed by atoms with Crippen LogP contribution in [0.1, 0.15) is 19.8 Å². The van der Waals surface area contributed by atoms with Gasteiger partial charge in [0.15, 0.2) is 0 Å². The molecule has 1 aromatic rings. The van der Waals surface area contributed by atoms with Crippen LogP contribution in [0, 0.1) is 0 Å². The number of anilines is 3. The number of rotatable bonds is 5. The maximum absolute atomic E-state index is 5.65. The third-order valence-electron chi connectivity index (χ3n) is 2.88. The van der Waals surface area contributed by atoms with E-state index in [0.29, 0.717) is 12.1 Å². The first-order chi connectivity index (χ1) is 8.21. The Morgan fingerprint density at radius 2 is 2.12 bits per heavy atom. The van der Waals surface area contributed by atoms with E-state index in [1.807, 2.05) is 13.0 Å². The van der Waals surface area contributed by atoms with Gasteiger partial charge < -0.3 is 21.1 Å². The summed E-state index contributed by atoms with van der Waals surface area (Å²) in [5.74, 6) is 1.81. The van der Waals surface area contributed by atoms with Gasteiger partial charge in [-0.2, -0.15) is 9.97 Å². The molecule has 0 radical (unpaired) electrons. The fraction of sp³-hybridized carbons (Fsp3) is 0.636. The van der Waals surface area contributed by atoms with Crippen molar-refractivity contribution < 1.29 is 4.74 Å². The zero-order chi connectivity index (χ0) is 12.3. The van der Waals surface area contributed by atoms with Gasteiger partial charge in [-0.15, -0.1) is 0 Å². The molecule has 2 rings (SSSR count). The Morgan fingerprint density at radius 3 is 2.76 bits per heavy atom. The standard InChI is InChI=1S/C11H19N5O/c1-3-13-9-6-10(16-11(12)15-9)14-7-4-8(5-7)17-2/h6-8H,3-5H2,1-2H3,(H4,12,13,14,15,16). The van der Waals surface area contributed by atoms with Crippen LogP contribution in [-0.4, -0.2) is 35.8 Å². The molecule has 6 heteroatoms. The molecule has 6 nitrogen and oxygen atoms in total. The van der Waals surface area contributed by atoms with E-state index in [1.165, 1.54) is 0 Å². The molecular weight excluding hydrogens is 218 g/mol.